The van der Waals surface area contributed by atoms with Crippen LogP contribution in [-0.4, -0.2) is 68.6 Å². The van der Waals surface area contributed by atoms with E-state index in [9.17, 15) is 49.9 Å². The average Bonchev–Trinajstić information content (AvgIpc) is 3.51. The first-order chi connectivity index (χ1) is 27.9. The van der Waals surface area contributed by atoms with Gasteiger partial charge in [-0.25, -0.2) is 4.99 Å². The second-order valence-corrected chi connectivity index (χ2v) is 16.6. The Bertz CT molecular complexity index is 3040. The quantitative estimate of drug-likeness (QED) is 0.0390. The first-order valence-corrected chi connectivity index (χ1v) is 21.1. The number of nitrogens with zero attached hydrogens (tertiary/aromatic N) is 3. The molecule has 6 rings (SSSR count). The summed E-state index contributed by atoms with van der Waals surface area (Å²) in [5.74, 6) is -0.610. The van der Waals surface area contributed by atoms with Crippen molar-refractivity contribution in [2.24, 2.45) is 4.99 Å². The van der Waals surface area contributed by atoms with Crippen LogP contribution < -0.4 is 37.3 Å². The third-order valence-corrected chi connectivity index (χ3v) is 11.5. The summed E-state index contributed by atoms with van der Waals surface area (Å²) in [6.45, 7) is 0.960. The number of hydrazine groups is 1. The van der Waals surface area contributed by atoms with Crippen LogP contribution in [0.5, 0.6) is 0 Å². The SMILES string of the molecule is CN(CCCCCC(=O)CCCN1C(=O)C=CC1=O)c1ccc(NNc2ccc(N=c3cc(S(=O)(=O)O)c(=N)c4c(=O)c5ccccc5c(=O)c3=4)c(S(=O)(=O)O)c2)cc1. The number of ketones is 1. The zero-order chi connectivity index (χ0) is 42.6. The Hall–Kier alpha value is -6.41. The maximum absolute atomic E-state index is 13.6. The van der Waals surface area contributed by atoms with Crippen LogP contribution in [0.2, 0.25) is 0 Å². The standard InChI is InChI=1S/C40H38N6O11S2/c1-45(20-6-2-3-8-27(47)9-7-21-46-34(48)18-19-35(46)49)26-15-12-24(13-16-26)43-44-25-14-17-30(32(22-25)58(52,53)54)42-31-23-33(59(55,56)57)38(41)37-36(31)39(50)28-10-4-5-11-29(28)40(37)51/h4-5,10-19,22-23,41,43-44H,2-3,6-9,20-21H2,1H3,(H,52,53,54)(H,55,56,57). The summed E-state index contributed by atoms with van der Waals surface area (Å²) in [5.41, 5.74) is 5.29. The normalized spacial score (nSPS) is 13.5. The zero-order valence-corrected chi connectivity index (χ0v) is 33.1. The second-order valence-electron chi connectivity index (χ2n) is 13.8. The van der Waals surface area contributed by atoms with Crippen LogP contribution >= 0.6 is 0 Å². The van der Waals surface area contributed by atoms with E-state index in [4.69, 9.17) is 5.41 Å². The Morgan fingerprint density at radius 1 is 0.729 bits per heavy atom. The monoisotopic (exact) mass is 842 g/mol. The van der Waals surface area contributed by atoms with E-state index in [1.54, 1.807) is 12.1 Å². The van der Waals surface area contributed by atoms with Gasteiger partial charge in [-0.3, -0.25) is 43.4 Å². The minimum atomic E-state index is -5.13. The minimum Gasteiger partial charge on any atom is -0.375 e. The lowest BCUT2D eigenvalue weighted by Crippen LogP contribution is -2.32. The van der Waals surface area contributed by atoms with Gasteiger partial charge in [-0.2, -0.15) is 16.8 Å². The van der Waals surface area contributed by atoms with E-state index in [-0.39, 0.29) is 40.6 Å². The van der Waals surface area contributed by atoms with Crippen LogP contribution in [-0.2, 0) is 34.6 Å². The van der Waals surface area contributed by atoms with Crippen molar-refractivity contribution in [1.82, 2.24) is 4.90 Å². The molecule has 306 valence electrons. The van der Waals surface area contributed by atoms with E-state index in [1.807, 2.05) is 24.1 Å². The maximum Gasteiger partial charge on any atom is 0.296 e. The van der Waals surface area contributed by atoms with Crippen molar-refractivity contribution in [3.63, 3.8) is 0 Å². The number of hydrogen-bond acceptors (Lipinski definition) is 14. The number of amides is 2. The first kappa shape index (κ1) is 42.2. The fourth-order valence-corrected chi connectivity index (χ4v) is 7.97. The third-order valence-electron chi connectivity index (χ3n) is 9.74. The number of benzene rings is 3. The highest BCUT2D eigenvalue weighted by molar-refractivity contribution is 7.86. The number of nitrogens with one attached hydrogen (secondary N) is 3. The lowest BCUT2D eigenvalue weighted by atomic mass is 10.0. The van der Waals surface area contributed by atoms with Crippen molar-refractivity contribution in [3.8, 4) is 0 Å². The summed E-state index contributed by atoms with van der Waals surface area (Å²) in [4.78, 5) is 68.1. The van der Waals surface area contributed by atoms with Gasteiger partial charge in [0.15, 0.2) is 10.9 Å². The molecule has 3 aromatic carbocycles. The van der Waals surface area contributed by atoms with Crippen LogP contribution in [0.15, 0.2) is 109 Å². The highest BCUT2D eigenvalue weighted by Gasteiger charge is 2.23. The molecule has 0 spiro atoms. The van der Waals surface area contributed by atoms with Gasteiger partial charge in [-0.05, 0) is 67.8 Å². The molecule has 2 aliphatic carbocycles. The van der Waals surface area contributed by atoms with Gasteiger partial charge in [0.25, 0.3) is 32.1 Å². The molecule has 0 bridgehead atoms. The lowest BCUT2D eigenvalue weighted by molar-refractivity contribution is -0.137. The number of imide groups is 1. The number of rotatable bonds is 17. The number of Topliss-reactive ketones (excluding diaryl/α,β-unsaturated/α-hetero) is 1. The van der Waals surface area contributed by atoms with Gasteiger partial charge in [0.1, 0.15) is 15.6 Å². The van der Waals surface area contributed by atoms with Crippen molar-refractivity contribution < 1.29 is 40.3 Å². The molecule has 59 heavy (non-hydrogen) atoms. The predicted molar refractivity (Wildman–Crippen MR) is 217 cm³/mol. The van der Waals surface area contributed by atoms with Crippen LogP contribution in [0.3, 0.4) is 0 Å². The molecule has 0 saturated carbocycles. The zero-order valence-electron chi connectivity index (χ0n) is 31.5. The van der Waals surface area contributed by atoms with E-state index < -0.39 is 67.7 Å². The smallest absolute Gasteiger partial charge is 0.296 e. The van der Waals surface area contributed by atoms with Crippen molar-refractivity contribution in [1.29, 1.82) is 5.41 Å². The Balaban J connectivity index is 1.12. The molecular formula is C40H38N6O11S2. The van der Waals surface area contributed by atoms with Crippen LogP contribution in [0.4, 0.5) is 22.7 Å². The molecule has 17 nitrogen and oxygen atoms in total. The molecule has 0 unspecified atom stereocenters. The first-order valence-electron chi connectivity index (χ1n) is 18.2. The van der Waals surface area contributed by atoms with E-state index in [1.165, 1.54) is 42.5 Å². The van der Waals surface area contributed by atoms with Gasteiger partial charge in [-0.15, -0.1) is 0 Å². The van der Waals surface area contributed by atoms with Gasteiger partial charge in [0.05, 0.1) is 38.2 Å². The van der Waals surface area contributed by atoms with Crippen molar-refractivity contribution >= 4 is 71.4 Å². The third kappa shape index (κ3) is 9.50. The number of unbranched alkanes of at least 4 members (excludes halogenated alkanes) is 2. The van der Waals surface area contributed by atoms with Crippen LogP contribution in [0.25, 0.3) is 10.8 Å². The van der Waals surface area contributed by atoms with E-state index in [0.29, 0.717) is 31.0 Å². The molecule has 0 aromatic heterocycles. The lowest BCUT2D eigenvalue weighted by Gasteiger charge is -2.20. The molecule has 1 aliphatic heterocycles. The van der Waals surface area contributed by atoms with Crippen molar-refractivity contribution in [2.45, 2.75) is 48.3 Å². The topological polar surface area (TPSA) is 261 Å². The summed E-state index contributed by atoms with van der Waals surface area (Å²) >= 11 is 0. The molecule has 0 fully saturated rings. The van der Waals surface area contributed by atoms with E-state index >= 15 is 0 Å². The summed E-state index contributed by atoms with van der Waals surface area (Å²) in [6.07, 6.45) is 6.03. The molecule has 2 amide bonds. The van der Waals surface area contributed by atoms with Crippen LogP contribution in [0, 0.1) is 15.8 Å². The molecule has 3 aromatic rings. The summed E-state index contributed by atoms with van der Waals surface area (Å²) in [5, 5.41) is 5.67. The minimum absolute atomic E-state index is 0.0533. The molecular weight excluding hydrogens is 805 g/mol. The number of carbonyl (C=O) groups excluding carboxylic acids is 3. The Morgan fingerprint density at radius 2 is 1.31 bits per heavy atom. The van der Waals surface area contributed by atoms with Gasteiger partial charge < -0.3 is 15.8 Å². The average molecular weight is 843 g/mol. The summed E-state index contributed by atoms with van der Waals surface area (Å²) in [7, 11) is -8.21. The Morgan fingerprint density at radius 3 is 1.93 bits per heavy atom. The number of hydrogen-bond donors (Lipinski definition) is 5. The van der Waals surface area contributed by atoms with E-state index in [2.05, 4.69) is 15.8 Å². The summed E-state index contributed by atoms with van der Waals surface area (Å²) < 4.78 is 69.7. The molecule has 0 saturated heterocycles. The van der Waals surface area contributed by atoms with E-state index in [0.717, 1.165) is 48.5 Å². The molecule has 1 heterocycles. The summed E-state index contributed by atoms with van der Waals surface area (Å²) in [6, 6.07) is 17.2. The van der Waals surface area contributed by atoms with Crippen LogP contribution in [0.1, 0.15) is 38.5 Å². The Labute approximate surface area is 336 Å². The largest absolute Gasteiger partial charge is 0.375 e. The molecule has 3 aliphatic rings. The molecule has 19 heteroatoms. The predicted octanol–water partition coefficient (Wildman–Crippen LogP) is 3.08. The number of carbonyl (C=O) groups is 3. The fraction of sp³-hybridized carbons (Fsp3) is 0.225. The van der Waals surface area contributed by atoms with Gasteiger partial charge in [0, 0.05) is 61.6 Å². The number of fused-ring (bicyclic) bond motifs is 1. The van der Waals surface area contributed by atoms with Gasteiger partial charge >= 0.3 is 0 Å². The Kier molecular flexibility index (Phi) is 12.3. The highest BCUT2D eigenvalue weighted by Crippen LogP contribution is 2.28. The van der Waals surface area contributed by atoms with Gasteiger partial charge in [0.2, 0.25) is 0 Å². The van der Waals surface area contributed by atoms with Crippen molar-refractivity contribution in [2.75, 3.05) is 35.9 Å². The highest BCUT2D eigenvalue weighted by atomic mass is 32.2. The maximum atomic E-state index is 13.6. The molecule has 0 radical (unpaired) electrons. The molecule has 0 atom stereocenters. The van der Waals surface area contributed by atoms with Crippen molar-refractivity contribution in [3.05, 3.63) is 127 Å². The fourth-order valence-electron chi connectivity index (χ4n) is 6.69. The second kappa shape index (κ2) is 17.2. The molecule has 5 N–H and O–H groups in total. The van der Waals surface area contributed by atoms with Gasteiger partial charge in [-0.1, -0.05) is 30.7 Å². The number of anilines is 3.